The largest absolute Gasteiger partial charge is 0.388 e. The Labute approximate surface area is 115 Å². The lowest BCUT2D eigenvalue weighted by molar-refractivity contribution is 0.174. The van der Waals surface area contributed by atoms with Crippen LogP contribution in [0.25, 0.3) is 0 Å². The topological polar surface area (TPSA) is 23.5 Å². The van der Waals surface area contributed by atoms with E-state index in [1.54, 1.807) is 0 Å². The first-order chi connectivity index (χ1) is 8.61. The molecule has 0 heterocycles. The summed E-state index contributed by atoms with van der Waals surface area (Å²) in [6, 6.07) is 8.66. The summed E-state index contributed by atoms with van der Waals surface area (Å²) >= 11 is 1.88. The van der Waals surface area contributed by atoms with Crippen molar-refractivity contribution in [2.24, 2.45) is 0 Å². The van der Waals surface area contributed by atoms with Crippen molar-refractivity contribution >= 4 is 17.4 Å². The van der Waals surface area contributed by atoms with E-state index < -0.39 is 0 Å². The average Bonchev–Trinajstić information content (AvgIpc) is 2.43. The standard InChI is InChI=1S/C15H25NOS/c1-5-15(17)13-8-6-7-9-14(13)16(3)12(2)10-11-18-4/h6-9,12,15,17H,5,10-11H2,1-4H3/t12?,15-/m0/s1. The zero-order valence-electron chi connectivity index (χ0n) is 11.9. The highest BCUT2D eigenvalue weighted by atomic mass is 32.2. The molecule has 0 aliphatic carbocycles. The third-order valence-electron chi connectivity index (χ3n) is 3.46. The fourth-order valence-corrected chi connectivity index (χ4v) is 2.61. The summed E-state index contributed by atoms with van der Waals surface area (Å²) in [5.41, 5.74) is 2.19. The lowest BCUT2D eigenvalue weighted by Crippen LogP contribution is -2.30. The first kappa shape index (κ1) is 15.4. The van der Waals surface area contributed by atoms with E-state index in [9.17, 15) is 5.11 Å². The van der Waals surface area contributed by atoms with Crippen LogP contribution in [-0.2, 0) is 0 Å². The molecule has 1 N–H and O–H groups in total. The minimum absolute atomic E-state index is 0.364. The highest BCUT2D eigenvalue weighted by Gasteiger charge is 2.16. The van der Waals surface area contributed by atoms with Gasteiger partial charge in [0.05, 0.1) is 6.10 Å². The normalized spacial score (nSPS) is 14.3. The second kappa shape index (κ2) is 7.70. The summed E-state index contributed by atoms with van der Waals surface area (Å²) in [5.74, 6) is 1.17. The second-order valence-corrected chi connectivity index (χ2v) is 5.71. The van der Waals surface area contributed by atoms with Crippen LogP contribution in [0, 0.1) is 0 Å². The van der Waals surface area contributed by atoms with Gasteiger partial charge in [-0.2, -0.15) is 11.8 Å². The minimum atomic E-state index is -0.364. The number of nitrogens with zero attached hydrogens (tertiary/aromatic N) is 1. The summed E-state index contributed by atoms with van der Waals surface area (Å²) < 4.78 is 0. The van der Waals surface area contributed by atoms with Crippen LogP contribution in [0.5, 0.6) is 0 Å². The highest BCUT2D eigenvalue weighted by Crippen LogP contribution is 2.29. The van der Waals surface area contributed by atoms with Gasteiger partial charge in [-0.15, -0.1) is 0 Å². The Bertz CT molecular complexity index is 356. The van der Waals surface area contributed by atoms with Gasteiger partial charge >= 0.3 is 0 Å². The van der Waals surface area contributed by atoms with Crippen molar-refractivity contribution in [3.8, 4) is 0 Å². The van der Waals surface area contributed by atoms with Crippen LogP contribution in [0.3, 0.4) is 0 Å². The molecule has 0 saturated carbocycles. The van der Waals surface area contributed by atoms with Crippen molar-refractivity contribution in [1.82, 2.24) is 0 Å². The maximum Gasteiger partial charge on any atom is 0.0807 e. The van der Waals surface area contributed by atoms with Gasteiger partial charge in [0.15, 0.2) is 0 Å². The molecular formula is C15H25NOS. The van der Waals surface area contributed by atoms with E-state index in [-0.39, 0.29) is 6.10 Å². The van der Waals surface area contributed by atoms with Gasteiger partial charge in [-0.3, -0.25) is 0 Å². The Kier molecular flexibility index (Phi) is 6.58. The van der Waals surface area contributed by atoms with E-state index in [2.05, 4.69) is 31.2 Å². The Morgan fingerprint density at radius 2 is 2.00 bits per heavy atom. The number of aliphatic hydroxyl groups is 1. The molecule has 102 valence electrons. The Hall–Kier alpha value is -0.670. The molecule has 1 rings (SSSR count). The quantitative estimate of drug-likeness (QED) is 0.814. The van der Waals surface area contributed by atoms with Crippen LogP contribution in [-0.4, -0.2) is 30.2 Å². The highest BCUT2D eigenvalue weighted by molar-refractivity contribution is 7.98. The van der Waals surface area contributed by atoms with Crippen molar-refractivity contribution in [3.05, 3.63) is 29.8 Å². The van der Waals surface area contributed by atoms with E-state index >= 15 is 0 Å². The smallest absolute Gasteiger partial charge is 0.0807 e. The SMILES string of the molecule is CC[C@H](O)c1ccccc1N(C)C(C)CCSC. The van der Waals surface area contributed by atoms with E-state index in [4.69, 9.17) is 0 Å². The molecular weight excluding hydrogens is 242 g/mol. The molecule has 0 bridgehead atoms. The van der Waals surface area contributed by atoms with Gasteiger partial charge in [-0.1, -0.05) is 25.1 Å². The molecule has 0 amide bonds. The Morgan fingerprint density at radius 3 is 2.61 bits per heavy atom. The van der Waals surface area contributed by atoms with Gasteiger partial charge in [0, 0.05) is 24.3 Å². The van der Waals surface area contributed by atoms with Crippen LogP contribution in [0.1, 0.15) is 38.4 Å². The summed E-state index contributed by atoms with van der Waals surface area (Å²) in [7, 11) is 2.12. The van der Waals surface area contributed by atoms with E-state index in [1.807, 2.05) is 36.9 Å². The minimum Gasteiger partial charge on any atom is -0.388 e. The van der Waals surface area contributed by atoms with Gasteiger partial charge < -0.3 is 10.0 Å². The van der Waals surface area contributed by atoms with Crippen LogP contribution in [0.4, 0.5) is 5.69 Å². The van der Waals surface area contributed by atoms with Gasteiger partial charge in [0.1, 0.15) is 0 Å². The number of benzene rings is 1. The predicted octanol–water partition coefficient (Wildman–Crippen LogP) is 3.71. The van der Waals surface area contributed by atoms with E-state index in [0.717, 1.165) is 24.1 Å². The molecule has 18 heavy (non-hydrogen) atoms. The number of hydrogen-bond donors (Lipinski definition) is 1. The monoisotopic (exact) mass is 267 g/mol. The zero-order valence-corrected chi connectivity index (χ0v) is 12.7. The number of aliphatic hydroxyl groups excluding tert-OH is 1. The Balaban J connectivity index is 2.87. The zero-order chi connectivity index (χ0) is 13.5. The molecule has 3 heteroatoms. The number of rotatable bonds is 7. The Morgan fingerprint density at radius 1 is 1.33 bits per heavy atom. The third kappa shape index (κ3) is 3.92. The van der Waals surface area contributed by atoms with Crippen molar-refractivity contribution in [1.29, 1.82) is 0 Å². The van der Waals surface area contributed by atoms with Crippen LogP contribution in [0.15, 0.2) is 24.3 Å². The second-order valence-electron chi connectivity index (χ2n) is 4.72. The lowest BCUT2D eigenvalue weighted by atomic mass is 10.0. The third-order valence-corrected chi connectivity index (χ3v) is 4.11. The maximum atomic E-state index is 10.1. The van der Waals surface area contributed by atoms with Crippen LogP contribution in [0.2, 0.25) is 0 Å². The molecule has 0 saturated heterocycles. The first-order valence-corrected chi connectivity index (χ1v) is 7.99. The van der Waals surface area contributed by atoms with E-state index in [1.165, 1.54) is 5.75 Å². The van der Waals surface area contributed by atoms with E-state index in [0.29, 0.717) is 6.04 Å². The predicted molar refractivity (Wildman–Crippen MR) is 82.6 cm³/mol. The van der Waals surface area contributed by atoms with Gasteiger partial charge in [-0.05, 0) is 37.8 Å². The van der Waals surface area contributed by atoms with Crippen molar-refractivity contribution in [2.75, 3.05) is 24.0 Å². The van der Waals surface area contributed by atoms with Gasteiger partial charge in [0.25, 0.3) is 0 Å². The van der Waals surface area contributed by atoms with Gasteiger partial charge in [-0.25, -0.2) is 0 Å². The molecule has 2 atom stereocenters. The molecule has 0 radical (unpaired) electrons. The molecule has 0 fully saturated rings. The summed E-state index contributed by atoms with van der Waals surface area (Å²) in [4.78, 5) is 2.28. The summed E-state index contributed by atoms with van der Waals surface area (Å²) in [5, 5.41) is 10.1. The average molecular weight is 267 g/mol. The number of anilines is 1. The molecule has 1 unspecified atom stereocenters. The van der Waals surface area contributed by atoms with Crippen LogP contribution >= 0.6 is 11.8 Å². The number of para-hydroxylation sites is 1. The molecule has 1 aromatic carbocycles. The molecule has 0 aromatic heterocycles. The lowest BCUT2D eigenvalue weighted by Gasteiger charge is -2.30. The van der Waals surface area contributed by atoms with Crippen molar-refractivity contribution in [2.45, 2.75) is 38.8 Å². The van der Waals surface area contributed by atoms with Gasteiger partial charge in [0.2, 0.25) is 0 Å². The summed E-state index contributed by atoms with van der Waals surface area (Å²) in [6.45, 7) is 4.25. The molecule has 0 spiro atoms. The number of thioether (sulfide) groups is 1. The molecule has 0 aliphatic heterocycles. The first-order valence-electron chi connectivity index (χ1n) is 6.60. The fraction of sp³-hybridized carbons (Fsp3) is 0.600. The van der Waals surface area contributed by atoms with Crippen molar-refractivity contribution < 1.29 is 5.11 Å². The molecule has 0 aliphatic rings. The van der Waals surface area contributed by atoms with Crippen LogP contribution < -0.4 is 4.90 Å². The molecule has 1 aromatic rings. The van der Waals surface area contributed by atoms with Crippen molar-refractivity contribution in [3.63, 3.8) is 0 Å². The molecule has 2 nitrogen and oxygen atoms in total. The maximum absolute atomic E-state index is 10.1. The summed E-state index contributed by atoms with van der Waals surface area (Å²) in [6.07, 6.45) is 3.69. The fourth-order valence-electron chi connectivity index (χ4n) is 2.03. The number of hydrogen-bond acceptors (Lipinski definition) is 3.